The van der Waals surface area contributed by atoms with Gasteiger partial charge in [0.25, 0.3) is 5.91 Å². The van der Waals surface area contributed by atoms with Crippen molar-refractivity contribution in [2.75, 3.05) is 7.05 Å². The summed E-state index contributed by atoms with van der Waals surface area (Å²) in [6.07, 6.45) is 1.84. The van der Waals surface area contributed by atoms with Gasteiger partial charge in [-0.05, 0) is 42.0 Å². The molecule has 0 aliphatic heterocycles. The molecule has 1 amide bonds. The Morgan fingerprint density at radius 3 is 2.43 bits per heavy atom. The average Bonchev–Trinajstić information content (AvgIpc) is 3.02. The van der Waals surface area contributed by atoms with Gasteiger partial charge in [0, 0.05) is 36.3 Å². The van der Waals surface area contributed by atoms with E-state index in [4.69, 9.17) is 5.11 Å². The first kappa shape index (κ1) is 14.8. The van der Waals surface area contributed by atoms with Crippen LogP contribution in [0.1, 0.15) is 26.3 Å². The maximum absolute atomic E-state index is 12.5. The molecule has 3 aromatic rings. The number of carbonyl (C=O) groups excluding carboxylic acids is 1. The highest BCUT2D eigenvalue weighted by Crippen LogP contribution is 2.16. The molecule has 3 rings (SSSR count). The van der Waals surface area contributed by atoms with Gasteiger partial charge in [0.1, 0.15) is 0 Å². The second-order valence-electron chi connectivity index (χ2n) is 5.44. The highest BCUT2D eigenvalue weighted by molar-refractivity contribution is 5.98. The van der Waals surface area contributed by atoms with Crippen molar-refractivity contribution in [3.8, 4) is 0 Å². The molecule has 0 saturated heterocycles. The monoisotopic (exact) mass is 308 g/mol. The van der Waals surface area contributed by atoms with E-state index in [-0.39, 0.29) is 11.5 Å². The Hall–Kier alpha value is -3.08. The SMILES string of the molecule is CN(Cc1ccc(C(=O)O)cc1)C(=O)c1ccc2[nH]ccc2c1. The Kier molecular flexibility index (Phi) is 3.85. The molecule has 1 heterocycles. The van der Waals surface area contributed by atoms with E-state index in [2.05, 4.69) is 4.98 Å². The molecule has 116 valence electrons. The van der Waals surface area contributed by atoms with Gasteiger partial charge >= 0.3 is 5.97 Å². The molecule has 0 bridgehead atoms. The smallest absolute Gasteiger partial charge is 0.335 e. The van der Waals surface area contributed by atoms with Crippen LogP contribution in [0, 0.1) is 0 Å². The van der Waals surface area contributed by atoms with Gasteiger partial charge in [0.05, 0.1) is 5.56 Å². The molecule has 0 fully saturated rings. The van der Waals surface area contributed by atoms with Crippen molar-refractivity contribution >= 4 is 22.8 Å². The van der Waals surface area contributed by atoms with Crippen LogP contribution in [0.15, 0.2) is 54.7 Å². The number of hydrogen-bond acceptors (Lipinski definition) is 2. The van der Waals surface area contributed by atoms with Crippen LogP contribution < -0.4 is 0 Å². The first-order chi connectivity index (χ1) is 11.0. The fourth-order valence-corrected chi connectivity index (χ4v) is 2.51. The van der Waals surface area contributed by atoms with Crippen molar-refractivity contribution in [1.29, 1.82) is 0 Å². The van der Waals surface area contributed by atoms with E-state index >= 15 is 0 Å². The van der Waals surface area contributed by atoms with Crippen LogP contribution in [0.25, 0.3) is 10.9 Å². The summed E-state index contributed by atoms with van der Waals surface area (Å²) in [5.41, 5.74) is 2.74. The largest absolute Gasteiger partial charge is 0.478 e. The summed E-state index contributed by atoms with van der Waals surface area (Å²) in [6, 6.07) is 14.0. The minimum absolute atomic E-state index is 0.0737. The van der Waals surface area contributed by atoms with Gasteiger partial charge in [-0.25, -0.2) is 4.79 Å². The zero-order valence-corrected chi connectivity index (χ0v) is 12.6. The van der Waals surface area contributed by atoms with Crippen LogP contribution in [0.4, 0.5) is 0 Å². The fraction of sp³-hybridized carbons (Fsp3) is 0.111. The Bertz CT molecular complexity index is 865. The van der Waals surface area contributed by atoms with Crippen LogP contribution >= 0.6 is 0 Å². The lowest BCUT2D eigenvalue weighted by Gasteiger charge is -2.17. The van der Waals surface area contributed by atoms with Crippen molar-refractivity contribution in [2.24, 2.45) is 0 Å². The van der Waals surface area contributed by atoms with Crippen LogP contribution in [0.5, 0.6) is 0 Å². The number of carbonyl (C=O) groups is 2. The zero-order valence-electron chi connectivity index (χ0n) is 12.6. The molecule has 0 unspecified atom stereocenters. The molecular weight excluding hydrogens is 292 g/mol. The van der Waals surface area contributed by atoms with E-state index < -0.39 is 5.97 Å². The van der Waals surface area contributed by atoms with E-state index in [1.165, 1.54) is 0 Å². The number of carboxylic acids is 1. The normalized spacial score (nSPS) is 10.7. The molecule has 5 nitrogen and oxygen atoms in total. The second kappa shape index (κ2) is 5.96. The van der Waals surface area contributed by atoms with Gasteiger partial charge < -0.3 is 15.0 Å². The second-order valence-corrected chi connectivity index (χ2v) is 5.44. The number of carboxylic acid groups (broad SMARTS) is 1. The number of fused-ring (bicyclic) bond motifs is 1. The third kappa shape index (κ3) is 3.08. The summed E-state index contributed by atoms with van der Waals surface area (Å²) in [4.78, 5) is 28.1. The van der Waals surface area contributed by atoms with Gasteiger partial charge in [-0.2, -0.15) is 0 Å². The Morgan fingerprint density at radius 1 is 1.04 bits per heavy atom. The van der Waals surface area contributed by atoms with Crippen molar-refractivity contribution in [2.45, 2.75) is 6.54 Å². The van der Waals surface area contributed by atoms with Crippen LogP contribution in [-0.4, -0.2) is 33.9 Å². The zero-order chi connectivity index (χ0) is 16.4. The molecule has 23 heavy (non-hydrogen) atoms. The number of aromatic carboxylic acids is 1. The molecule has 1 aromatic heterocycles. The first-order valence-electron chi connectivity index (χ1n) is 7.19. The van der Waals surface area contributed by atoms with E-state index in [9.17, 15) is 9.59 Å². The lowest BCUT2D eigenvalue weighted by atomic mass is 10.1. The maximum Gasteiger partial charge on any atom is 0.335 e. The summed E-state index contributed by atoms with van der Waals surface area (Å²) < 4.78 is 0. The molecule has 5 heteroatoms. The maximum atomic E-state index is 12.5. The van der Waals surface area contributed by atoms with E-state index in [1.807, 2.05) is 24.4 Å². The number of benzene rings is 2. The van der Waals surface area contributed by atoms with E-state index in [1.54, 1.807) is 42.3 Å². The molecular formula is C18H16N2O3. The fourth-order valence-electron chi connectivity index (χ4n) is 2.51. The number of rotatable bonds is 4. The van der Waals surface area contributed by atoms with Gasteiger partial charge in [-0.1, -0.05) is 12.1 Å². The molecule has 0 radical (unpaired) electrons. The summed E-state index contributed by atoms with van der Waals surface area (Å²) >= 11 is 0. The van der Waals surface area contributed by atoms with Crippen LogP contribution in [-0.2, 0) is 6.54 Å². The number of amides is 1. The molecule has 0 aliphatic rings. The third-order valence-electron chi connectivity index (χ3n) is 3.77. The summed E-state index contributed by atoms with van der Waals surface area (Å²) in [7, 11) is 1.73. The van der Waals surface area contributed by atoms with Crippen molar-refractivity contribution in [3.63, 3.8) is 0 Å². The molecule has 0 saturated carbocycles. The molecule has 0 aliphatic carbocycles. The lowest BCUT2D eigenvalue weighted by molar-refractivity contribution is 0.0695. The highest BCUT2D eigenvalue weighted by atomic mass is 16.4. The van der Waals surface area contributed by atoms with Gasteiger partial charge in [-0.3, -0.25) is 4.79 Å². The molecule has 2 aromatic carbocycles. The minimum Gasteiger partial charge on any atom is -0.478 e. The quantitative estimate of drug-likeness (QED) is 0.777. The van der Waals surface area contributed by atoms with Crippen LogP contribution in [0.2, 0.25) is 0 Å². The molecule has 0 atom stereocenters. The first-order valence-corrected chi connectivity index (χ1v) is 7.19. The number of H-pyrrole nitrogens is 1. The number of aromatic amines is 1. The Balaban J connectivity index is 1.75. The van der Waals surface area contributed by atoms with Gasteiger partial charge in [-0.15, -0.1) is 0 Å². The van der Waals surface area contributed by atoms with Crippen LogP contribution in [0.3, 0.4) is 0 Å². The van der Waals surface area contributed by atoms with E-state index in [0.717, 1.165) is 16.5 Å². The predicted octanol–water partition coefficient (Wildman–Crippen LogP) is 3.14. The Labute approximate surface area is 133 Å². The lowest BCUT2D eigenvalue weighted by Crippen LogP contribution is -2.26. The van der Waals surface area contributed by atoms with Crippen molar-refractivity contribution in [3.05, 3.63) is 71.4 Å². The topological polar surface area (TPSA) is 73.4 Å². The van der Waals surface area contributed by atoms with Crippen molar-refractivity contribution in [1.82, 2.24) is 9.88 Å². The minimum atomic E-state index is -0.958. The van der Waals surface area contributed by atoms with Crippen molar-refractivity contribution < 1.29 is 14.7 Å². The van der Waals surface area contributed by atoms with E-state index in [0.29, 0.717) is 12.1 Å². The number of aromatic nitrogens is 1. The number of nitrogens with zero attached hydrogens (tertiary/aromatic N) is 1. The highest BCUT2D eigenvalue weighted by Gasteiger charge is 2.13. The Morgan fingerprint density at radius 2 is 1.74 bits per heavy atom. The summed E-state index contributed by atoms with van der Waals surface area (Å²) in [5, 5.41) is 9.89. The third-order valence-corrected chi connectivity index (χ3v) is 3.77. The standard InChI is InChI=1S/C18H16N2O3/c1-20(11-12-2-4-13(5-3-12)18(22)23)17(21)15-6-7-16-14(10-15)8-9-19-16/h2-10,19H,11H2,1H3,(H,22,23). The number of hydrogen-bond donors (Lipinski definition) is 2. The average molecular weight is 308 g/mol. The number of nitrogens with one attached hydrogen (secondary N) is 1. The molecule has 0 spiro atoms. The summed E-state index contributed by atoms with van der Waals surface area (Å²) in [5.74, 6) is -1.03. The van der Waals surface area contributed by atoms with Gasteiger partial charge in [0.2, 0.25) is 0 Å². The van der Waals surface area contributed by atoms with Gasteiger partial charge in [0.15, 0.2) is 0 Å². The summed E-state index contributed by atoms with van der Waals surface area (Å²) in [6.45, 7) is 0.421. The molecule has 2 N–H and O–H groups in total. The predicted molar refractivity (Wildman–Crippen MR) is 87.5 cm³/mol.